The molecule has 3 aromatic carbocycles. The molecule has 1 aromatic heterocycles. The summed E-state index contributed by atoms with van der Waals surface area (Å²) in [7, 11) is 0. The summed E-state index contributed by atoms with van der Waals surface area (Å²) in [6.45, 7) is 0.198. The maximum atomic E-state index is 13.2. The van der Waals surface area contributed by atoms with Gasteiger partial charge in [-0.1, -0.05) is 60.7 Å². The van der Waals surface area contributed by atoms with Crippen LogP contribution in [0.15, 0.2) is 88.5 Å². The Morgan fingerprint density at radius 1 is 0.867 bits per heavy atom. The van der Waals surface area contributed by atoms with E-state index in [1.165, 1.54) is 11.8 Å². The maximum Gasteiger partial charge on any atom is 0.277 e. The van der Waals surface area contributed by atoms with E-state index >= 15 is 0 Å². The first-order valence-corrected chi connectivity index (χ1v) is 10.2. The van der Waals surface area contributed by atoms with Crippen molar-refractivity contribution in [2.24, 2.45) is 0 Å². The van der Waals surface area contributed by atoms with E-state index in [2.05, 4.69) is 10.2 Å². The molecule has 0 unspecified atom stereocenters. The molecule has 0 saturated carbocycles. The lowest BCUT2D eigenvalue weighted by molar-refractivity contribution is 0.0989. The largest absolute Gasteiger partial charge is 0.454 e. The van der Waals surface area contributed by atoms with Gasteiger partial charge in [0.05, 0.1) is 0 Å². The lowest BCUT2D eigenvalue weighted by atomic mass is 10.0. The Morgan fingerprint density at radius 2 is 1.60 bits per heavy atom. The fourth-order valence-electron chi connectivity index (χ4n) is 3.16. The molecule has 0 fully saturated rings. The van der Waals surface area contributed by atoms with Gasteiger partial charge < -0.3 is 13.9 Å². The van der Waals surface area contributed by atoms with Crippen LogP contribution in [0.1, 0.15) is 21.2 Å². The van der Waals surface area contributed by atoms with Crippen LogP contribution in [-0.4, -0.2) is 22.8 Å². The van der Waals surface area contributed by atoms with E-state index in [-0.39, 0.29) is 12.6 Å². The summed E-state index contributed by atoms with van der Waals surface area (Å²) < 4.78 is 16.6. The maximum absolute atomic E-state index is 13.2. The first-order valence-electron chi connectivity index (χ1n) is 9.32. The van der Waals surface area contributed by atoms with Gasteiger partial charge in [0.15, 0.2) is 17.3 Å². The van der Waals surface area contributed by atoms with Gasteiger partial charge >= 0.3 is 0 Å². The molecule has 6 nitrogen and oxygen atoms in total. The number of Topliss-reactive ketones (excluding diaryl/α,β-unsaturated/α-hetero) is 1. The number of carbonyl (C=O) groups is 1. The van der Waals surface area contributed by atoms with Gasteiger partial charge in [-0.15, -0.1) is 10.2 Å². The summed E-state index contributed by atoms with van der Waals surface area (Å²) >= 11 is 1.24. The van der Waals surface area contributed by atoms with Crippen LogP contribution in [0.25, 0.3) is 11.5 Å². The number of fused-ring (bicyclic) bond motifs is 1. The van der Waals surface area contributed by atoms with Crippen molar-refractivity contribution in [3.05, 3.63) is 90.0 Å². The quantitative estimate of drug-likeness (QED) is 0.317. The van der Waals surface area contributed by atoms with Gasteiger partial charge in [0, 0.05) is 11.1 Å². The first kappa shape index (κ1) is 18.4. The molecular weight excluding hydrogens is 400 g/mol. The molecule has 0 radical (unpaired) electrons. The van der Waals surface area contributed by atoms with E-state index in [0.29, 0.717) is 28.2 Å². The highest BCUT2D eigenvalue weighted by Crippen LogP contribution is 2.39. The number of ketones is 1. The molecule has 0 amide bonds. The van der Waals surface area contributed by atoms with Crippen molar-refractivity contribution in [3.8, 4) is 23.0 Å². The van der Waals surface area contributed by atoms with E-state index in [4.69, 9.17) is 13.9 Å². The van der Waals surface area contributed by atoms with E-state index in [0.717, 1.165) is 11.1 Å². The average molecular weight is 416 g/mol. The number of carbonyl (C=O) groups excluding carboxylic acids is 1. The van der Waals surface area contributed by atoms with Crippen molar-refractivity contribution < 1.29 is 18.7 Å². The fraction of sp³-hybridized carbons (Fsp3) is 0.0870. The summed E-state index contributed by atoms with van der Waals surface area (Å²) in [5.41, 5.74) is 2.23. The number of ether oxygens (including phenoxy) is 2. The molecule has 0 aliphatic carbocycles. The van der Waals surface area contributed by atoms with Crippen LogP contribution in [0.5, 0.6) is 11.5 Å². The van der Waals surface area contributed by atoms with Gasteiger partial charge in [-0.05, 0) is 35.5 Å². The van der Waals surface area contributed by atoms with Crippen LogP contribution in [0, 0.1) is 0 Å². The van der Waals surface area contributed by atoms with Crippen molar-refractivity contribution in [2.45, 2.75) is 10.5 Å². The monoisotopic (exact) mass is 416 g/mol. The van der Waals surface area contributed by atoms with Gasteiger partial charge in [-0.3, -0.25) is 4.79 Å². The Morgan fingerprint density at radius 3 is 2.40 bits per heavy atom. The number of aromatic nitrogens is 2. The summed E-state index contributed by atoms with van der Waals surface area (Å²) in [5, 5.41) is 8.11. The number of nitrogens with zero attached hydrogens (tertiary/aromatic N) is 2. The standard InChI is InChI=1S/C23H16N2O4S/c26-20(15-7-3-1-4-8-15)21(16-9-5-2-6-10-16)30-23-25-24-22(29-23)17-11-12-18-19(13-17)28-14-27-18/h1-13,21H,14H2/t21-/m0/s1. The van der Waals surface area contributed by atoms with Gasteiger partial charge in [0.2, 0.25) is 12.7 Å². The molecule has 0 saturated heterocycles. The Labute approximate surface area is 176 Å². The van der Waals surface area contributed by atoms with Crippen LogP contribution in [0.3, 0.4) is 0 Å². The Balaban J connectivity index is 1.44. The third-order valence-electron chi connectivity index (χ3n) is 4.64. The molecule has 0 N–H and O–H groups in total. The average Bonchev–Trinajstić information content (AvgIpc) is 3.47. The molecule has 7 heteroatoms. The SMILES string of the molecule is O=C(c1ccccc1)[C@@H](Sc1nnc(-c2ccc3c(c2)OCO3)o1)c1ccccc1. The Bertz CT molecular complexity index is 1180. The van der Waals surface area contributed by atoms with Crippen LogP contribution in [-0.2, 0) is 0 Å². The summed E-state index contributed by atoms with van der Waals surface area (Å²) in [5.74, 6) is 1.66. The van der Waals surface area contributed by atoms with E-state index in [1.54, 1.807) is 12.1 Å². The molecule has 0 spiro atoms. The molecule has 4 aromatic rings. The van der Waals surface area contributed by atoms with Crippen LogP contribution in [0.2, 0.25) is 0 Å². The molecular formula is C23H16N2O4S. The zero-order chi connectivity index (χ0) is 20.3. The zero-order valence-corrected chi connectivity index (χ0v) is 16.5. The van der Waals surface area contributed by atoms with Crippen molar-refractivity contribution in [3.63, 3.8) is 0 Å². The molecule has 5 rings (SSSR count). The second-order valence-corrected chi connectivity index (χ2v) is 7.64. The third-order valence-corrected chi connectivity index (χ3v) is 5.73. The number of benzene rings is 3. The third kappa shape index (κ3) is 3.67. The second-order valence-electron chi connectivity index (χ2n) is 6.58. The number of hydrogen-bond donors (Lipinski definition) is 0. The lowest BCUT2D eigenvalue weighted by Gasteiger charge is -2.14. The number of thioether (sulfide) groups is 1. The molecule has 1 aliphatic heterocycles. The summed E-state index contributed by atoms with van der Waals surface area (Å²) in [4.78, 5) is 13.2. The molecule has 148 valence electrons. The van der Waals surface area contributed by atoms with Crippen LogP contribution >= 0.6 is 11.8 Å². The lowest BCUT2D eigenvalue weighted by Crippen LogP contribution is -2.10. The highest BCUT2D eigenvalue weighted by atomic mass is 32.2. The summed E-state index contributed by atoms with van der Waals surface area (Å²) in [6.07, 6.45) is 0. The normalized spacial score (nSPS) is 13.2. The van der Waals surface area contributed by atoms with E-state index < -0.39 is 5.25 Å². The number of hydrogen-bond acceptors (Lipinski definition) is 7. The van der Waals surface area contributed by atoms with E-state index in [1.807, 2.05) is 66.7 Å². The van der Waals surface area contributed by atoms with Crippen LogP contribution in [0.4, 0.5) is 0 Å². The molecule has 1 aliphatic rings. The van der Waals surface area contributed by atoms with Crippen LogP contribution < -0.4 is 9.47 Å². The minimum atomic E-state index is -0.501. The first-order chi connectivity index (χ1) is 14.8. The Kier molecular flexibility index (Phi) is 4.94. The van der Waals surface area contributed by atoms with Gasteiger partial charge in [-0.2, -0.15) is 0 Å². The van der Waals surface area contributed by atoms with Crippen molar-refractivity contribution >= 4 is 17.5 Å². The van der Waals surface area contributed by atoms with Gasteiger partial charge in [-0.25, -0.2) is 0 Å². The Hall–Kier alpha value is -3.58. The minimum absolute atomic E-state index is 0.0189. The van der Waals surface area contributed by atoms with Crippen molar-refractivity contribution in [1.29, 1.82) is 0 Å². The van der Waals surface area contributed by atoms with Crippen molar-refractivity contribution in [1.82, 2.24) is 10.2 Å². The van der Waals surface area contributed by atoms with E-state index in [9.17, 15) is 4.79 Å². The predicted octanol–water partition coefficient (Wildman–Crippen LogP) is 5.18. The number of rotatable bonds is 6. The smallest absolute Gasteiger partial charge is 0.277 e. The highest BCUT2D eigenvalue weighted by Gasteiger charge is 2.26. The molecule has 0 bridgehead atoms. The predicted molar refractivity (Wildman–Crippen MR) is 112 cm³/mol. The topological polar surface area (TPSA) is 74.5 Å². The van der Waals surface area contributed by atoms with Crippen molar-refractivity contribution in [2.75, 3.05) is 6.79 Å². The molecule has 1 atom stereocenters. The second kappa shape index (κ2) is 8.04. The minimum Gasteiger partial charge on any atom is -0.454 e. The molecule has 2 heterocycles. The summed E-state index contributed by atoms with van der Waals surface area (Å²) in [6, 6.07) is 24.2. The van der Waals surface area contributed by atoms with Gasteiger partial charge in [0.1, 0.15) is 5.25 Å². The zero-order valence-electron chi connectivity index (χ0n) is 15.7. The van der Waals surface area contributed by atoms with Gasteiger partial charge in [0.25, 0.3) is 5.22 Å². The fourth-order valence-corrected chi connectivity index (χ4v) is 4.11. The highest BCUT2D eigenvalue weighted by molar-refractivity contribution is 8.00. The molecule has 30 heavy (non-hydrogen) atoms.